The van der Waals surface area contributed by atoms with E-state index in [9.17, 15) is 4.79 Å². The van der Waals surface area contributed by atoms with Gasteiger partial charge in [0.1, 0.15) is 11.5 Å². The molecule has 30 heavy (non-hydrogen) atoms. The zero-order valence-corrected chi connectivity index (χ0v) is 17.5. The van der Waals surface area contributed by atoms with Gasteiger partial charge in [-0.1, -0.05) is 44.2 Å². The van der Waals surface area contributed by atoms with Gasteiger partial charge < -0.3 is 14.8 Å². The molecule has 3 aromatic rings. The van der Waals surface area contributed by atoms with E-state index in [0.717, 1.165) is 43.3 Å². The van der Waals surface area contributed by atoms with Crippen molar-refractivity contribution in [2.24, 2.45) is 5.92 Å². The number of carbonyl (C=O) groups excluding carboxylic acids is 1. The number of hydrogen-bond acceptors (Lipinski definition) is 5. The van der Waals surface area contributed by atoms with Gasteiger partial charge in [0.05, 0.1) is 12.6 Å². The van der Waals surface area contributed by atoms with Gasteiger partial charge in [-0.2, -0.15) is 5.10 Å². The molecule has 0 aliphatic carbocycles. The number of rotatable bonds is 3. The van der Waals surface area contributed by atoms with Gasteiger partial charge in [-0.3, -0.25) is 4.79 Å². The van der Waals surface area contributed by atoms with Crippen LogP contribution in [0.25, 0.3) is 11.4 Å². The highest BCUT2D eigenvalue weighted by molar-refractivity contribution is 5.92. The van der Waals surface area contributed by atoms with Gasteiger partial charge in [-0.05, 0) is 5.92 Å². The van der Waals surface area contributed by atoms with Crippen LogP contribution in [-0.4, -0.2) is 54.8 Å². The SMILES string of the molecule is CC(C)[C@H]1c2nc(-c3ccccc3)nn2CCN1C(=O)c1cn2c(n1)CCNCC2. The Morgan fingerprint density at radius 3 is 2.73 bits per heavy atom. The zero-order valence-electron chi connectivity index (χ0n) is 17.5. The molecule has 8 nitrogen and oxygen atoms in total. The summed E-state index contributed by atoms with van der Waals surface area (Å²) in [6, 6.07) is 9.87. The molecule has 2 aliphatic rings. The Morgan fingerprint density at radius 1 is 1.10 bits per heavy atom. The molecule has 0 fully saturated rings. The van der Waals surface area contributed by atoms with E-state index in [0.29, 0.717) is 24.6 Å². The maximum atomic E-state index is 13.5. The fraction of sp³-hybridized carbons (Fsp3) is 0.455. The Kier molecular flexibility index (Phi) is 4.86. The highest BCUT2D eigenvalue weighted by atomic mass is 16.2. The molecule has 5 rings (SSSR count). The Balaban J connectivity index is 1.47. The van der Waals surface area contributed by atoms with Gasteiger partial charge in [0.2, 0.25) is 0 Å². The second-order valence-electron chi connectivity index (χ2n) is 8.31. The van der Waals surface area contributed by atoms with E-state index in [1.165, 1.54) is 0 Å². The third kappa shape index (κ3) is 3.31. The minimum Gasteiger partial charge on any atom is -0.333 e. The molecule has 1 atom stereocenters. The molecule has 2 aliphatic heterocycles. The molecule has 2 aromatic heterocycles. The lowest BCUT2D eigenvalue weighted by Crippen LogP contribution is -2.44. The van der Waals surface area contributed by atoms with E-state index in [2.05, 4.69) is 28.7 Å². The lowest BCUT2D eigenvalue weighted by Gasteiger charge is -2.37. The summed E-state index contributed by atoms with van der Waals surface area (Å²) in [4.78, 5) is 24.9. The minimum absolute atomic E-state index is 0.0160. The lowest BCUT2D eigenvalue weighted by atomic mass is 9.99. The Morgan fingerprint density at radius 2 is 1.93 bits per heavy atom. The topological polar surface area (TPSA) is 80.9 Å². The average molecular weight is 406 g/mol. The van der Waals surface area contributed by atoms with Crippen LogP contribution < -0.4 is 5.32 Å². The normalized spacial score (nSPS) is 18.8. The van der Waals surface area contributed by atoms with E-state index < -0.39 is 0 Å². The number of amides is 1. The Bertz CT molecular complexity index is 1030. The van der Waals surface area contributed by atoms with Crippen molar-refractivity contribution < 1.29 is 4.79 Å². The van der Waals surface area contributed by atoms with Crippen molar-refractivity contribution in [2.75, 3.05) is 19.6 Å². The van der Waals surface area contributed by atoms with Crippen molar-refractivity contribution in [1.29, 1.82) is 0 Å². The molecule has 0 saturated carbocycles. The number of fused-ring (bicyclic) bond motifs is 2. The van der Waals surface area contributed by atoms with Crippen LogP contribution in [0.5, 0.6) is 0 Å². The van der Waals surface area contributed by atoms with Crippen LogP contribution in [0.2, 0.25) is 0 Å². The zero-order chi connectivity index (χ0) is 20.7. The fourth-order valence-corrected chi connectivity index (χ4v) is 4.44. The Labute approximate surface area is 175 Å². The van der Waals surface area contributed by atoms with Gasteiger partial charge in [0.25, 0.3) is 5.91 Å². The molecule has 1 aromatic carbocycles. The monoisotopic (exact) mass is 405 g/mol. The lowest BCUT2D eigenvalue weighted by molar-refractivity contribution is 0.0531. The van der Waals surface area contributed by atoms with Crippen molar-refractivity contribution >= 4 is 5.91 Å². The molecule has 0 saturated heterocycles. The third-order valence-electron chi connectivity index (χ3n) is 5.91. The average Bonchev–Trinajstić information content (AvgIpc) is 3.31. The molecule has 1 N–H and O–H groups in total. The van der Waals surface area contributed by atoms with Crippen molar-refractivity contribution in [1.82, 2.24) is 34.5 Å². The number of benzene rings is 1. The maximum absolute atomic E-state index is 13.5. The number of nitrogens with zero attached hydrogens (tertiary/aromatic N) is 6. The molecule has 8 heteroatoms. The smallest absolute Gasteiger partial charge is 0.274 e. The molecule has 156 valence electrons. The molecule has 0 radical (unpaired) electrons. The molecular formula is C22H27N7O. The highest BCUT2D eigenvalue weighted by Gasteiger charge is 2.37. The summed E-state index contributed by atoms with van der Waals surface area (Å²) in [7, 11) is 0. The summed E-state index contributed by atoms with van der Waals surface area (Å²) in [5, 5.41) is 8.09. The first kappa shape index (κ1) is 19.0. The van der Waals surface area contributed by atoms with E-state index in [4.69, 9.17) is 10.1 Å². The summed E-state index contributed by atoms with van der Waals surface area (Å²) in [5.41, 5.74) is 1.53. The summed E-state index contributed by atoms with van der Waals surface area (Å²) < 4.78 is 4.07. The predicted molar refractivity (Wildman–Crippen MR) is 113 cm³/mol. The van der Waals surface area contributed by atoms with Crippen molar-refractivity contribution in [3.63, 3.8) is 0 Å². The number of nitrogens with one attached hydrogen (secondary N) is 1. The fourth-order valence-electron chi connectivity index (χ4n) is 4.44. The molecule has 0 spiro atoms. The molecule has 0 bridgehead atoms. The minimum atomic E-state index is -0.126. The summed E-state index contributed by atoms with van der Waals surface area (Å²) >= 11 is 0. The summed E-state index contributed by atoms with van der Waals surface area (Å²) in [6.45, 7) is 8.15. The van der Waals surface area contributed by atoms with Crippen LogP contribution >= 0.6 is 0 Å². The number of imidazole rings is 1. The van der Waals surface area contributed by atoms with Gasteiger partial charge in [0, 0.05) is 44.4 Å². The number of carbonyl (C=O) groups is 1. The summed E-state index contributed by atoms with van der Waals surface area (Å²) in [6.07, 6.45) is 2.76. The first-order valence-corrected chi connectivity index (χ1v) is 10.7. The first-order chi connectivity index (χ1) is 14.6. The van der Waals surface area contributed by atoms with Gasteiger partial charge >= 0.3 is 0 Å². The van der Waals surface area contributed by atoms with E-state index in [1.807, 2.05) is 46.1 Å². The molecule has 1 amide bonds. The predicted octanol–water partition coefficient (Wildman–Crippen LogP) is 2.14. The second kappa shape index (κ2) is 7.68. The van der Waals surface area contributed by atoms with E-state index >= 15 is 0 Å². The number of hydrogen-bond donors (Lipinski definition) is 1. The standard InChI is InChI=1S/C22H27N7O/c1-15(2)19-21-25-20(16-6-4-3-5-7-16)26-29(21)13-12-28(19)22(30)17-14-27-11-10-23-9-8-18(27)24-17/h3-7,14-15,19,23H,8-13H2,1-2H3/t19-/m0/s1. The van der Waals surface area contributed by atoms with Gasteiger partial charge in [0.15, 0.2) is 11.6 Å². The first-order valence-electron chi connectivity index (χ1n) is 10.7. The highest BCUT2D eigenvalue weighted by Crippen LogP contribution is 2.33. The maximum Gasteiger partial charge on any atom is 0.274 e. The quantitative estimate of drug-likeness (QED) is 0.722. The van der Waals surface area contributed by atoms with Crippen LogP contribution in [-0.2, 0) is 19.5 Å². The number of aromatic nitrogens is 5. The van der Waals surface area contributed by atoms with Crippen molar-refractivity contribution in [3.05, 3.63) is 53.9 Å². The van der Waals surface area contributed by atoms with E-state index in [1.54, 1.807) is 0 Å². The van der Waals surface area contributed by atoms with Crippen LogP contribution in [0.3, 0.4) is 0 Å². The second-order valence-corrected chi connectivity index (χ2v) is 8.31. The van der Waals surface area contributed by atoms with Gasteiger partial charge in [-0.15, -0.1) is 0 Å². The molecule has 4 heterocycles. The molecular weight excluding hydrogens is 378 g/mol. The third-order valence-corrected chi connectivity index (χ3v) is 5.91. The largest absolute Gasteiger partial charge is 0.333 e. The van der Waals surface area contributed by atoms with Crippen LogP contribution in [0.4, 0.5) is 0 Å². The van der Waals surface area contributed by atoms with Crippen molar-refractivity contribution in [3.8, 4) is 11.4 Å². The summed E-state index contributed by atoms with van der Waals surface area (Å²) in [5.74, 6) is 2.75. The Hall–Kier alpha value is -3.00. The molecule has 0 unspecified atom stereocenters. The van der Waals surface area contributed by atoms with E-state index in [-0.39, 0.29) is 17.9 Å². The van der Waals surface area contributed by atoms with Gasteiger partial charge in [-0.25, -0.2) is 14.6 Å². The van der Waals surface area contributed by atoms with Crippen LogP contribution in [0.15, 0.2) is 36.5 Å². The van der Waals surface area contributed by atoms with Crippen LogP contribution in [0.1, 0.15) is 42.0 Å². The van der Waals surface area contributed by atoms with Crippen molar-refractivity contribution in [2.45, 2.75) is 39.4 Å². The van der Waals surface area contributed by atoms with Crippen LogP contribution in [0, 0.1) is 5.92 Å².